The van der Waals surface area contributed by atoms with Crippen LogP contribution in [0.15, 0.2) is 53.4 Å². The summed E-state index contributed by atoms with van der Waals surface area (Å²) in [5, 5.41) is 10.0. The normalized spacial score (nSPS) is 15.2. The van der Waals surface area contributed by atoms with Gasteiger partial charge in [-0.05, 0) is 56.2 Å². The Morgan fingerprint density at radius 2 is 1.73 bits per heavy atom. The van der Waals surface area contributed by atoms with Gasteiger partial charge in [0.2, 0.25) is 0 Å². The Kier molecular flexibility index (Phi) is 7.29. The third-order valence-electron chi connectivity index (χ3n) is 5.71. The van der Waals surface area contributed by atoms with Crippen LogP contribution < -0.4 is 9.47 Å². The monoisotopic (exact) mass is 471 g/mol. The van der Waals surface area contributed by atoms with Gasteiger partial charge in [-0.15, -0.1) is 5.92 Å². The standard InChI is InChI=1S/C24H25NO7S/c1-3-4-17-32-20-7-5-6-8-21(20)33(29,30)24(23(27)28)13-15-25(16-14-24)22(26)18-9-11-19(31-2)12-10-18/h5-12H,13-17H2,1-2H3,(H,27,28). The Bertz CT molecular complexity index is 1190. The molecule has 9 heteroatoms. The molecule has 2 aromatic carbocycles. The van der Waals surface area contributed by atoms with Crippen molar-refractivity contribution >= 4 is 21.7 Å². The molecule has 0 saturated carbocycles. The summed E-state index contributed by atoms with van der Waals surface area (Å²) in [6.07, 6.45) is -0.481. The van der Waals surface area contributed by atoms with Crippen molar-refractivity contribution in [3.05, 3.63) is 54.1 Å². The molecule has 1 fully saturated rings. The van der Waals surface area contributed by atoms with Crippen LogP contribution in [0.25, 0.3) is 0 Å². The molecule has 33 heavy (non-hydrogen) atoms. The Labute approximate surface area is 193 Å². The highest BCUT2D eigenvalue weighted by Crippen LogP contribution is 2.39. The third-order valence-corrected chi connectivity index (χ3v) is 8.24. The van der Waals surface area contributed by atoms with Gasteiger partial charge in [-0.25, -0.2) is 8.42 Å². The van der Waals surface area contributed by atoms with Crippen molar-refractivity contribution in [1.82, 2.24) is 4.90 Å². The van der Waals surface area contributed by atoms with Gasteiger partial charge >= 0.3 is 5.97 Å². The summed E-state index contributed by atoms with van der Waals surface area (Å²) in [4.78, 5) is 26.5. The molecular formula is C24H25NO7S. The molecular weight excluding hydrogens is 446 g/mol. The number of amides is 1. The summed E-state index contributed by atoms with van der Waals surface area (Å²) in [7, 11) is -2.82. The van der Waals surface area contributed by atoms with Crippen molar-refractivity contribution in [1.29, 1.82) is 0 Å². The second-order valence-electron chi connectivity index (χ2n) is 7.49. The van der Waals surface area contributed by atoms with Crippen molar-refractivity contribution in [3.8, 4) is 23.3 Å². The summed E-state index contributed by atoms with van der Waals surface area (Å²) in [6, 6.07) is 12.5. The number of methoxy groups -OCH3 is 1. The van der Waals surface area contributed by atoms with Crippen LogP contribution in [0.4, 0.5) is 0 Å². The van der Waals surface area contributed by atoms with Crippen LogP contribution in [0.3, 0.4) is 0 Å². The van der Waals surface area contributed by atoms with E-state index in [2.05, 4.69) is 11.8 Å². The average Bonchev–Trinajstić information content (AvgIpc) is 2.84. The molecule has 0 aliphatic carbocycles. The lowest BCUT2D eigenvalue weighted by molar-refractivity contribution is -0.141. The van der Waals surface area contributed by atoms with E-state index in [4.69, 9.17) is 9.47 Å². The largest absolute Gasteiger partial charge is 0.497 e. The van der Waals surface area contributed by atoms with Crippen molar-refractivity contribution in [2.24, 2.45) is 0 Å². The number of ether oxygens (including phenoxy) is 2. The minimum absolute atomic E-state index is 0.0132. The number of hydrogen-bond donors (Lipinski definition) is 1. The lowest BCUT2D eigenvalue weighted by Crippen LogP contribution is -2.55. The minimum Gasteiger partial charge on any atom is -0.497 e. The Hall–Kier alpha value is -3.51. The van der Waals surface area contributed by atoms with E-state index >= 15 is 0 Å². The first-order chi connectivity index (χ1) is 15.8. The van der Waals surface area contributed by atoms with Crippen LogP contribution in [0.2, 0.25) is 0 Å². The molecule has 8 nitrogen and oxygen atoms in total. The molecule has 0 radical (unpaired) electrons. The summed E-state index contributed by atoms with van der Waals surface area (Å²) in [6.45, 7) is 1.58. The maximum atomic E-state index is 13.6. The molecule has 1 heterocycles. The highest BCUT2D eigenvalue weighted by molar-refractivity contribution is 7.93. The SMILES string of the molecule is CC#CCOc1ccccc1S(=O)(=O)C1(C(=O)O)CCN(C(=O)c2ccc(OC)cc2)CC1. The van der Waals surface area contributed by atoms with E-state index in [1.807, 2.05) is 0 Å². The fourth-order valence-electron chi connectivity index (χ4n) is 3.77. The third kappa shape index (κ3) is 4.66. The van der Waals surface area contributed by atoms with Crippen LogP contribution in [-0.2, 0) is 14.6 Å². The zero-order valence-corrected chi connectivity index (χ0v) is 19.2. The molecule has 0 bridgehead atoms. The fourth-order valence-corrected chi connectivity index (χ4v) is 5.79. The zero-order valence-electron chi connectivity index (χ0n) is 18.4. The van der Waals surface area contributed by atoms with Gasteiger partial charge in [-0.2, -0.15) is 0 Å². The summed E-state index contributed by atoms with van der Waals surface area (Å²) in [5.41, 5.74) is 0.414. The number of carbonyl (C=O) groups excluding carboxylic acids is 1. The first kappa shape index (κ1) is 24.1. The highest BCUT2D eigenvalue weighted by Gasteiger charge is 2.54. The molecule has 1 N–H and O–H groups in total. The molecule has 0 spiro atoms. The van der Waals surface area contributed by atoms with Crippen LogP contribution in [-0.4, -0.2) is 61.9 Å². The maximum Gasteiger partial charge on any atom is 0.325 e. The van der Waals surface area contributed by atoms with Crippen molar-refractivity contribution in [2.45, 2.75) is 29.4 Å². The second kappa shape index (κ2) is 9.96. The molecule has 1 aliphatic heterocycles. The molecule has 2 aromatic rings. The first-order valence-electron chi connectivity index (χ1n) is 10.3. The molecule has 1 saturated heterocycles. The van der Waals surface area contributed by atoms with Crippen molar-refractivity contribution < 1.29 is 32.6 Å². The van der Waals surface area contributed by atoms with E-state index in [-0.39, 0.29) is 49.1 Å². The smallest absolute Gasteiger partial charge is 0.325 e. The van der Waals surface area contributed by atoms with Gasteiger partial charge in [0, 0.05) is 18.7 Å². The van der Waals surface area contributed by atoms with E-state index in [1.165, 1.54) is 30.2 Å². The number of benzene rings is 2. The lowest BCUT2D eigenvalue weighted by atomic mass is 9.95. The second-order valence-corrected chi connectivity index (χ2v) is 9.71. The number of hydrogen-bond acceptors (Lipinski definition) is 6. The Balaban J connectivity index is 1.86. The van der Waals surface area contributed by atoms with Crippen LogP contribution >= 0.6 is 0 Å². The van der Waals surface area contributed by atoms with Crippen molar-refractivity contribution in [2.75, 3.05) is 26.8 Å². The van der Waals surface area contributed by atoms with Gasteiger partial charge in [0.15, 0.2) is 14.6 Å². The first-order valence-corrected chi connectivity index (χ1v) is 11.8. The summed E-state index contributed by atoms with van der Waals surface area (Å²) >= 11 is 0. The van der Waals surface area contributed by atoms with Gasteiger partial charge in [-0.1, -0.05) is 18.1 Å². The van der Waals surface area contributed by atoms with E-state index in [1.54, 1.807) is 37.3 Å². The van der Waals surface area contributed by atoms with E-state index in [9.17, 15) is 23.1 Å². The topological polar surface area (TPSA) is 110 Å². The number of carboxylic acid groups (broad SMARTS) is 1. The van der Waals surface area contributed by atoms with E-state index < -0.39 is 20.6 Å². The van der Waals surface area contributed by atoms with Gasteiger partial charge < -0.3 is 19.5 Å². The number of carboxylic acids is 1. The predicted molar refractivity (Wildman–Crippen MR) is 121 cm³/mol. The number of nitrogens with zero attached hydrogens (tertiary/aromatic N) is 1. The predicted octanol–water partition coefficient (Wildman–Crippen LogP) is 2.63. The molecule has 0 atom stereocenters. The average molecular weight is 472 g/mol. The number of likely N-dealkylation sites (tertiary alicyclic amines) is 1. The molecule has 0 unspecified atom stereocenters. The van der Waals surface area contributed by atoms with E-state index in [0.29, 0.717) is 11.3 Å². The van der Waals surface area contributed by atoms with Gasteiger partial charge in [0.25, 0.3) is 5.91 Å². The van der Waals surface area contributed by atoms with Crippen LogP contribution in [0, 0.1) is 11.8 Å². The molecule has 3 rings (SSSR count). The van der Waals surface area contributed by atoms with Crippen LogP contribution in [0.1, 0.15) is 30.1 Å². The molecule has 1 aliphatic rings. The number of carbonyl (C=O) groups is 2. The number of para-hydroxylation sites is 1. The zero-order chi connectivity index (χ0) is 24.1. The summed E-state index contributed by atoms with van der Waals surface area (Å²) in [5.74, 6) is 4.27. The number of aliphatic carboxylic acids is 1. The Morgan fingerprint density at radius 1 is 1.09 bits per heavy atom. The molecule has 1 amide bonds. The molecule has 0 aromatic heterocycles. The van der Waals surface area contributed by atoms with Crippen LogP contribution in [0.5, 0.6) is 11.5 Å². The van der Waals surface area contributed by atoms with E-state index in [0.717, 1.165) is 0 Å². The minimum atomic E-state index is -4.34. The summed E-state index contributed by atoms with van der Waals surface area (Å²) < 4.78 is 35.7. The van der Waals surface area contributed by atoms with Gasteiger partial charge in [-0.3, -0.25) is 9.59 Å². The molecule has 174 valence electrons. The van der Waals surface area contributed by atoms with Crippen molar-refractivity contribution in [3.63, 3.8) is 0 Å². The quantitative estimate of drug-likeness (QED) is 0.618. The fraction of sp³-hybridized carbons (Fsp3) is 0.333. The lowest BCUT2D eigenvalue weighted by Gasteiger charge is -2.38. The van der Waals surface area contributed by atoms with Gasteiger partial charge in [0.05, 0.1) is 7.11 Å². The maximum absolute atomic E-state index is 13.6. The number of piperidine rings is 1. The highest BCUT2D eigenvalue weighted by atomic mass is 32.2. The van der Waals surface area contributed by atoms with Gasteiger partial charge in [0.1, 0.15) is 23.0 Å². The number of sulfone groups is 1. The number of rotatable bonds is 7. The Morgan fingerprint density at radius 3 is 2.30 bits per heavy atom.